The molecular formula is C20H32IN3O2. The van der Waals surface area contributed by atoms with Gasteiger partial charge in [0.2, 0.25) is 0 Å². The van der Waals surface area contributed by atoms with Crippen molar-refractivity contribution in [3.8, 4) is 11.5 Å². The third kappa shape index (κ3) is 6.07. The topological polar surface area (TPSA) is 54.9 Å². The van der Waals surface area contributed by atoms with Crippen LogP contribution in [0.2, 0.25) is 0 Å². The third-order valence-corrected chi connectivity index (χ3v) is 4.49. The van der Waals surface area contributed by atoms with E-state index in [4.69, 9.17) is 14.5 Å². The Morgan fingerprint density at radius 3 is 2.38 bits per heavy atom. The summed E-state index contributed by atoms with van der Waals surface area (Å²) in [6, 6.07) is 6.52. The van der Waals surface area contributed by atoms with E-state index in [0.29, 0.717) is 12.6 Å². The van der Waals surface area contributed by atoms with Gasteiger partial charge in [-0.1, -0.05) is 32.1 Å². The Hall–Kier alpha value is -1.44. The molecule has 0 atom stereocenters. The van der Waals surface area contributed by atoms with Crippen LogP contribution in [0.4, 0.5) is 0 Å². The number of aliphatic imine (C=N–C) groups is 1. The fourth-order valence-corrected chi connectivity index (χ4v) is 2.87. The van der Waals surface area contributed by atoms with Crippen LogP contribution in [0.25, 0.3) is 0 Å². The Labute approximate surface area is 174 Å². The largest absolute Gasteiger partial charge is 0.493 e. The number of methoxy groups -OCH3 is 2. The summed E-state index contributed by atoms with van der Waals surface area (Å²) in [4.78, 5) is 4.82. The predicted molar refractivity (Wildman–Crippen MR) is 119 cm³/mol. The minimum absolute atomic E-state index is 0. The van der Waals surface area contributed by atoms with E-state index < -0.39 is 0 Å². The highest BCUT2D eigenvalue weighted by Gasteiger charge is 2.23. The zero-order chi connectivity index (χ0) is 18.3. The number of rotatable bonds is 7. The average Bonchev–Trinajstić information content (AvgIpc) is 3.12. The first kappa shape index (κ1) is 22.6. The summed E-state index contributed by atoms with van der Waals surface area (Å²) < 4.78 is 10.8. The molecule has 0 spiro atoms. The van der Waals surface area contributed by atoms with Gasteiger partial charge in [-0.3, -0.25) is 4.99 Å². The Morgan fingerprint density at radius 2 is 1.81 bits per heavy atom. The molecule has 0 amide bonds. The van der Waals surface area contributed by atoms with E-state index in [9.17, 15) is 0 Å². The van der Waals surface area contributed by atoms with E-state index in [2.05, 4.69) is 49.6 Å². The van der Waals surface area contributed by atoms with E-state index >= 15 is 0 Å². The number of nitrogens with one attached hydrogen (secondary N) is 2. The van der Waals surface area contributed by atoms with Crippen molar-refractivity contribution in [2.45, 2.75) is 45.1 Å². The molecule has 0 aromatic heterocycles. The third-order valence-electron chi connectivity index (χ3n) is 4.49. The normalized spacial score (nSPS) is 14.7. The molecule has 2 N–H and O–H groups in total. The molecule has 0 saturated heterocycles. The van der Waals surface area contributed by atoms with Gasteiger partial charge in [0.1, 0.15) is 0 Å². The summed E-state index contributed by atoms with van der Waals surface area (Å²) >= 11 is 0. The van der Waals surface area contributed by atoms with Gasteiger partial charge in [0.15, 0.2) is 17.5 Å². The van der Waals surface area contributed by atoms with Crippen molar-refractivity contribution >= 4 is 29.9 Å². The first-order chi connectivity index (χ1) is 12.0. The summed E-state index contributed by atoms with van der Waals surface area (Å²) in [5.74, 6) is 2.37. The smallest absolute Gasteiger partial charge is 0.191 e. The lowest BCUT2D eigenvalue weighted by atomic mass is 9.84. The van der Waals surface area contributed by atoms with E-state index in [1.54, 1.807) is 14.2 Å². The van der Waals surface area contributed by atoms with Crippen LogP contribution in [0.3, 0.4) is 0 Å². The van der Waals surface area contributed by atoms with E-state index in [1.807, 2.05) is 12.1 Å². The molecule has 0 fully saturated rings. The number of halogens is 1. The molecule has 0 unspecified atom stereocenters. The van der Waals surface area contributed by atoms with Crippen molar-refractivity contribution in [1.29, 1.82) is 0 Å². The van der Waals surface area contributed by atoms with Crippen molar-refractivity contribution in [1.82, 2.24) is 10.6 Å². The molecular weight excluding hydrogens is 441 g/mol. The second-order valence-electron chi connectivity index (χ2n) is 6.93. The van der Waals surface area contributed by atoms with Crippen molar-refractivity contribution in [3.05, 3.63) is 35.9 Å². The van der Waals surface area contributed by atoms with Gasteiger partial charge < -0.3 is 20.1 Å². The van der Waals surface area contributed by atoms with Crippen LogP contribution in [0.15, 0.2) is 35.3 Å². The van der Waals surface area contributed by atoms with Crippen molar-refractivity contribution in [2.24, 2.45) is 4.99 Å². The number of nitrogens with zero attached hydrogens (tertiary/aromatic N) is 1. The Bertz CT molecular complexity index is 621. The quantitative estimate of drug-likeness (QED) is 0.273. The molecule has 6 heteroatoms. The first-order valence-electron chi connectivity index (χ1n) is 8.92. The number of benzene rings is 1. The van der Waals surface area contributed by atoms with Crippen LogP contribution >= 0.6 is 24.0 Å². The SMILES string of the molecule is CCNC(=NCC(C)(C)c1ccc(OC)c(OC)c1)NC1CC=CC1.I. The molecule has 0 aliphatic heterocycles. The maximum absolute atomic E-state index is 5.43. The first-order valence-corrected chi connectivity index (χ1v) is 8.92. The molecule has 5 nitrogen and oxygen atoms in total. The summed E-state index contributed by atoms with van der Waals surface area (Å²) in [6.07, 6.45) is 6.55. The summed E-state index contributed by atoms with van der Waals surface area (Å²) in [7, 11) is 3.31. The maximum atomic E-state index is 5.43. The van der Waals surface area contributed by atoms with Crippen LogP contribution in [-0.2, 0) is 5.41 Å². The molecule has 146 valence electrons. The highest BCUT2D eigenvalue weighted by atomic mass is 127. The van der Waals surface area contributed by atoms with Gasteiger partial charge in [0.25, 0.3) is 0 Å². The number of hydrogen-bond acceptors (Lipinski definition) is 3. The average molecular weight is 473 g/mol. The summed E-state index contributed by atoms with van der Waals surface area (Å²) in [5.41, 5.74) is 1.06. The summed E-state index contributed by atoms with van der Waals surface area (Å²) in [5, 5.41) is 6.85. The molecule has 1 aromatic rings. The van der Waals surface area contributed by atoms with Crippen molar-refractivity contribution in [2.75, 3.05) is 27.3 Å². The van der Waals surface area contributed by atoms with Crippen molar-refractivity contribution in [3.63, 3.8) is 0 Å². The molecule has 1 aliphatic carbocycles. The Kier molecular flexibility index (Phi) is 9.25. The van der Waals surface area contributed by atoms with Gasteiger partial charge in [-0.2, -0.15) is 0 Å². The highest BCUT2D eigenvalue weighted by molar-refractivity contribution is 14.0. The van der Waals surface area contributed by atoms with Gasteiger partial charge in [-0.25, -0.2) is 0 Å². The lowest BCUT2D eigenvalue weighted by Gasteiger charge is -2.25. The fraction of sp³-hybridized carbons (Fsp3) is 0.550. The van der Waals surface area contributed by atoms with Gasteiger partial charge in [-0.05, 0) is 37.5 Å². The van der Waals surface area contributed by atoms with Gasteiger partial charge in [0.05, 0.1) is 20.8 Å². The maximum Gasteiger partial charge on any atom is 0.191 e. The lowest BCUT2D eigenvalue weighted by Crippen LogP contribution is -2.43. The van der Waals surface area contributed by atoms with Gasteiger partial charge in [0, 0.05) is 18.0 Å². The molecule has 2 rings (SSSR count). The van der Waals surface area contributed by atoms with Gasteiger partial charge >= 0.3 is 0 Å². The zero-order valence-electron chi connectivity index (χ0n) is 16.5. The predicted octanol–water partition coefficient (Wildman–Crippen LogP) is 3.87. The zero-order valence-corrected chi connectivity index (χ0v) is 18.8. The Balaban J connectivity index is 0.00000338. The van der Waals surface area contributed by atoms with E-state index in [1.165, 1.54) is 5.56 Å². The molecule has 1 aromatic carbocycles. The summed E-state index contributed by atoms with van der Waals surface area (Å²) in [6.45, 7) is 8.00. The molecule has 0 heterocycles. The fourth-order valence-electron chi connectivity index (χ4n) is 2.87. The molecule has 26 heavy (non-hydrogen) atoms. The monoisotopic (exact) mass is 473 g/mol. The molecule has 0 radical (unpaired) electrons. The van der Waals surface area contributed by atoms with Crippen LogP contribution in [-0.4, -0.2) is 39.3 Å². The van der Waals surface area contributed by atoms with E-state index in [0.717, 1.165) is 36.8 Å². The standard InChI is InChI=1S/C20H31N3O2.HI/c1-6-21-19(23-16-9-7-8-10-16)22-14-20(2,3)15-11-12-17(24-4)18(13-15)25-5;/h7-8,11-13,16H,6,9-10,14H2,1-5H3,(H2,21,22,23);1H. The Morgan fingerprint density at radius 1 is 1.15 bits per heavy atom. The van der Waals surface area contributed by atoms with Crippen LogP contribution in [0.5, 0.6) is 11.5 Å². The minimum Gasteiger partial charge on any atom is -0.493 e. The molecule has 0 bridgehead atoms. The van der Waals surface area contributed by atoms with E-state index in [-0.39, 0.29) is 29.4 Å². The highest BCUT2D eigenvalue weighted by Crippen LogP contribution is 2.33. The van der Waals surface area contributed by atoms with Crippen LogP contribution in [0, 0.1) is 0 Å². The number of ether oxygens (including phenoxy) is 2. The second kappa shape index (κ2) is 10.6. The molecule has 0 saturated carbocycles. The lowest BCUT2D eigenvalue weighted by molar-refractivity contribution is 0.353. The van der Waals surface area contributed by atoms with Crippen LogP contribution in [0.1, 0.15) is 39.2 Å². The minimum atomic E-state index is -0.115. The van der Waals surface area contributed by atoms with Crippen LogP contribution < -0.4 is 20.1 Å². The number of guanidine groups is 1. The molecule has 1 aliphatic rings. The van der Waals surface area contributed by atoms with Gasteiger partial charge in [-0.15, -0.1) is 24.0 Å². The second-order valence-corrected chi connectivity index (χ2v) is 6.93. The van der Waals surface area contributed by atoms with Crippen molar-refractivity contribution < 1.29 is 9.47 Å². The number of hydrogen-bond donors (Lipinski definition) is 2.